The largest absolute Gasteiger partial charge is 0.573 e. The number of carboxylic acids is 1. The van der Waals surface area contributed by atoms with Crippen LogP contribution < -0.4 is 10.1 Å². The summed E-state index contributed by atoms with van der Waals surface area (Å²) in [6.45, 7) is 0. The highest BCUT2D eigenvalue weighted by molar-refractivity contribution is 5.90. The van der Waals surface area contributed by atoms with E-state index in [1.165, 1.54) is 12.1 Å². The minimum atomic E-state index is -4.76. The molecule has 0 aromatic heterocycles. The third kappa shape index (κ3) is 6.62. The number of nitrogens with one attached hydrogen (secondary N) is 1. The molecular weight excluding hydrogens is 279 g/mol. The molecule has 1 aromatic rings. The zero-order chi connectivity index (χ0) is 15.2. The average molecular weight is 291 g/mol. The molecular formula is C12H12F3NO4. The van der Waals surface area contributed by atoms with E-state index in [1.807, 2.05) is 0 Å². The fourth-order valence-electron chi connectivity index (χ4n) is 1.36. The lowest BCUT2D eigenvalue weighted by molar-refractivity contribution is -0.274. The third-order valence-electron chi connectivity index (χ3n) is 2.17. The van der Waals surface area contributed by atoms with Crippen LogP contribution in [0.5, 0.6) is 5.75 Å². The minimum Gasteiger partial charge on any atom is -0.481 e. The molecule has 0 saturated heterocycles. The third-order valence-corrected chi connectivity index (χ3v) is 2.17. The SMILES string of the molecule is O=C(O)CCCC(=O)Nc1ccc(OC(F)(F)F)cc1. The first-order valence-electron chi connectivity index (χ1n) is 5.64. The number of amides is 1. The number of hydrogen-bond donors (Lipinski definition) is 2. The van der Waals surface area contributed by atoms with E-state index >= 15 is 0 Å². The predicted octanol–water partition coefficient (Wildman–Crippen LogP) is 2.78. The number of ether oxygens (including phenoxy) is 1. The quantitative estimate of drug-likeness (QED) is 0.845. The van der Waals surface area contributed by atoms with Crippen LogP contribution in [0.3, 0.4) is 0 Å². The van der Waals surface area contributed by atoms with Crippen molar-refractivity contribution in [2.75, 3.05) is 5.32 Å². The fourth-order valence-corrected chi connectivity index (χ4v) is 1.36. The van der Waals surface area contributed by atoms with Gasteiger partial charge in [-0.2, -0.15) is 0 Å². The van der Waals surface area contributed by atoms with Gasteiger partial charge in [0.25, 0.3) is 0 Å². The van der Waals surface area contributed by atoms with Crippen LogP contribution in [0.15, 0.2) is 24.3 Å². The van der Waals surface area contributed by atoms with Crippen LogP contribution in [0.2, 0.25) is 0 Å². The van der Waals surface area contributed by atoms with E-state index in [0.717, 1.165) is 12.1 Å². The lowest BCUT2D eigenvalue weighted by Crippen LogP contribution is -2.17. The molecule has 20 heavy (non-hydrogen) atoms. The molecule has 110 valence electrons. The van der Waals surface area contributed by atoms with Gasteiger partial charge in [-0.05, 0) is 30.7 Å². The summed E-state index contributed by atoms with van der Waals surface area (Å²) in [6.07, 6.45) is -4.67. The molecule has 0 bridgehead atoms. The number of carbonyl (C=O) groups excluding carboxylic acids is 1. The molecule has 0 aliphatic rings. The van der Waals surface area contributed by atoms with Crippen molar-refractivity contribution in [2.45, 2.75) is 25.6 Å². The van der Waals surface area contributed by atoms with Gasteiger partial charge in [-0.3, -0.25) is 9.59 Å². The molecule has 0 aliphatic heterocycles. The molecule has 2 N–H and O–H groups in total. The van der Waals surface area contributed by atoms with Crippen molar-refractivity contribution in [2.24, 2.45) is 0 Å². The van der Waals surface area contributed by atoms with Crippen molar-refractivity contribution in [3.05, 3.63) is 24.3 Å². The number of anilines is 1. The second-order valence-electron chi connectivity index (χ2n) is 3.87. The van der Waals surface area contributed by atoms with E-state index in [0.29, 0.717) is 5.69 Å². The van der Waals surface area contributed by atoms with Crippen LogP contribution in [0.4, 0.5) is 18.9 Å². The first-order chi connectivity index (χ1) is 9.26. The molecule has 1 aromatic carbocycles. The molecule has 0 spiro atoms. The Balaban J connectivity index is 2.45. The number of rotatable bonds is 6. The summed E-state index contributed by atoms with van der Waals surface area (Å²) < 4.78 is 39.4. The van der Waals surface area contributed by atoms with Gasteiger partial charge in [-0.1, -0.05) is 0 Å². The maximum absolute atomic E-state index is 11.9. The monoisotopic (exact) mass is 291 g/mol. The number of aliphatic carboxylic acids is 1. The van der Waals surface area contributed by atoms with Crippen molar-refractivity contribution in [3.8, 4) is 5.75 Å². The molecule has 0 saturated carbocycles. The maximum atomic E-state index is 11.9. The van der Waals surface area contributed by atoms with Crippen molar-refractivity contribution < 1.29 is 32.6 Å². The van der Waals surface area contributed by atoms with Crippen LogP contribution in [-0.4, -0.2) is 23.3 Å². The van der Waals surface area contributed by atoms with Crippen molar-refractivity contribution >= 4 is 17.6 Å². The smallest absolute Gasteiger partial charge is 0.481 e. The van der Waals surface area contributed by atoms with E-state index in [-0.39, 0.29) is 25.0 Å². The number of carbonyl (C=O) groups is 2. The zero-order valence-electron chi connectivity index (χ0n) is 10.2. The van der Waals surface area contributed by atoms with Gasteiger partial charge in [-0.25, -0.2) is 0 Å². The van der Waals surface area contributed by atoms with Gasteiger partial charge in [0.15, 0.2) is 0 Å². The van der Waals surface area contributed by atoms with E-state index in [2.05, 4.69) is 10.1 Å². The number of halogens is 3. The maximum Gasteiger partial charge on any atom is 0.573 e. The standard InChI is InChI=1S/C12H12F3NO4/c13-12(14,15)20-9-6-4-8(5-7-9)16-10(17)2-1-3-11(18)19/h4-7H,1-3H2,(H,16,17)(H,18,19). The van der Waals surface area contributed by atoms with E-state index in [4.69, 9.17) is 5.11 Å². The second kappa shape index (κ2) is 6.78. The molecule has 0 atom stereocenters. The van der Waals surface area contributed by atoms with Gasteiger partial charge in [0.1, 0.15) is 5.75 Å². The zero-order valence-corrected chi connectivity index (χ0v) is 10.2. The Bertz CT molecular complexity index is 471. The van der Waals surface area contributed by atoms with Gasteiger partial charge < -0.3 is 15.2 Å². The summed E-state index contributed by atoms with van der Waals surface area (Å²) in [4.78, 5) is 21.6. The molecule has 5 nitrogen and oxygen atoms in total. The molecule has 0 fully saturated rings. The Morgan fingerprint density at radius 1 is 1.15 bits per heavy atom. The molecule has 8 heteroatoms. The first-order valence-corrected chi connectivity index (χ1v) is 5.64. The highest BCUT2D eigenvalue weighted by atomic mass is 19.4. The molecule has 0 aliphatic carbocycles. The Kier molecular flexibility index (Phi) is 5.36. The highest BCUT2D eigenvalue weighted by Gasteiger charge is 2.30. The number of alkyl halides is 3. The van der Waals surface area contributed by atoms with E-state index < -0.39 is 18.2 Å². The Morgan fingerprint density at radius 3 is 2.25 bits per heavy atom. The van der Waals surface area contributed by atoms with Crippen LogP contribution >= 0.6 is 0 Å². The normalized spacial score (nSPS) is 10.9. The van der Waals surface area contributed by atoms with Crippen molar-refractivity contribution in [1.29, 1.82) is 0 Å². The highest BCUT2D eigenvalue weighted by Crippen LogP contribution is 2.23. The topological polar surface area (TPSA) is 75.6 Å². The van der Waals surface area contributed by atoms with Crippen LogP contribution in [0.1, 0.15) is 19.3 Å². The molecule has 0 unspecified atom stereocenters. The Labute approximate surface area is 112 Å². The van der Waals surface area contributed by atoms with Crippen LogP contribution in [0.25, 0.3) is 0 Å². The Morgan fingerprint density at radius 2 is 1.75 bits per heavy atom. The summed E-state index contributed by atoms with van der Waals surface area (Å²) in [7, 11) is 0. The van der Waals surface area contributed by atoms with E-state index in [9.17, 15) is 22.8 Å². The summed E-state index contributed by atoms with van der Waals surface area (Å²) in [5, 5.41) is 10.8. The minimum absolute atomic E-state index is 0.0209. The molecule has 1 rings (SSSR count). The molecule has 0 radical (unpaired) electrons. The number of hydrogen-bond acceptors (Lipinski definition) is 3. The summed E-state index contributed by atoms with van der Waals surface area (Å²) in [6, 6.07) is 4.66. The van der Waals surface area contributed by atoms with Gasteiger partial charge >= 0.3 is 12.3 Å². The summed E-state index contributed by atoms with van der Waals surface area (Å²) >= 11 is 0. The lowest BCUT2D eigenvalue weighted by atomic mass is 10.2. The number of carboxylic acid groups (broad SMARTS) is 1. The summed E-state index contributed by atoms with van der Waals surface area (Å²) in [5.74, 6) is -1.79. The lowest BCUT2D eigenvalue weighted by Gasteiger charge is -2.09. The molecule has 0 heterocycles. The van der Waals surface area contributed by atoms with Crippen molar-refractivity contribution in [1.82, 2.24) is 0 Å². The summed E-state index contributed by atoms with van der Waals surface area (Å²) in [5.41, 5.74) is 0.305. The van der Waals surface area contributed by atoms with Crippen molar-refractivity contribution in [3.63, 3.8) is 0 Å². The average Bonchev–Trinajstić information content (AvgIpc) is 2.29. The molecule has 1 amide bonds. The number of benzene rings is 1. The van der Waals surface area contributed by atoms with Crippen LogP contribution in [-0.2, 0) is 9.59 Å². The van der Waals surface area contributed by atoms with Gasteiger partial charge in [0.2, 0.25) is 5.91 Å². The van der Waals surface area contributed by atoms with Gasteiger partial charge in [0, 0.05) is 18.5 Å². The fraction of sp³-hybridized carbons (Fsp3) is 0.333. The van der Waals surface area contributed by atoms with Gasteiger partial charge in [0.05, 0.1) is 0 Å². The first kappa shape index (κ1) is 15.8. The van der Waals surface area contributed by atoms with Gasteiger partial charge in [-0.15, -0.1) is 13.2 Å². The van der Waals surface area contributed by atoms with E-state index in [1.54, 1.807) is 0 Å². The predicted molar refractivity (Wildman–Crippen MR) is 63.2 cm³/mol. The second-order valence-corrected chi connectivity index (χ2v) is 3.87. The van der Waals surface area contributed by atoms with Crippen LogP contribution in [0, 0.1) is 0 Å². The Hall–Kier alpha value is -2.25.